The number of halogens is 3. The molecule has 5 rings (SSSR count). The van der Waals surface area contributed by atoms with Crippen molar-refractivity contribution < 1.29 is 17.9 Å². The van der Waals surface area contributed by atoms with Gasteiger partial charge in [-0.1, -0.05) is 42.5 Å². The average molecular weight is 539 g/mol. The quantitative estimate of drug-likeness (QED) is 0.280. The Kier molecular flexibility index (Phi) is 7.31. The normalized spacial score (nSPS) is 14.5. The first-order chi connectivity index (χ1) is 18.6. The Labute approximate surface area is 222 Å². The summed E-state index contributed by atoms with van der Waals surface area (Å²) in [5.74, 6) is 0.311. The lowest BCUT2D eigenvalue weighted by Gasteiger charge is -2.21. The minimum Gasteiger partial charge on any atom is -0.375 e. The largest absolute Gasteiger partial charge is 0.416 e. The number of pyridine rings is 1. The van der Waals surface area contributed by atoms with E-state index in [1.165, 1.54) is 23.7 Å². The summed E-state index contributed by atoms with van der Waals surface area (Å²) in [7, 11) is 0. The summed E-state index contributed by atoms with van der Waals surface area (Å²) in [6, 6.07) is 14.5. The molecule has 204 valence electrons. The maximum absolute atomic E-state index is 13.5. The summed E-state index contributed by atoms with van der Waals surface area (Å²) in [5.41, 5.74) is 0.167. The number of rotatable bonds is 9. The summed E-state index contributed by atoms with van der Waals surface area (Å²) in [6.07, 6.45) is -1.10. The molecule has 1 N–H and O–H groups in total. The van der Waals surface area contributed by atoms with Crippen LogP contribution >= 0.6 is 0 Å². The van der Waals surface area contributed by atoms with Gasteiger partial charge >= 0.3 is 6.18 Å². The second kappa shape index (κ2) is 10.7. The first-order valence-electron chi connectivity index (χ1n) is 12.9. The number of fused-ring (bicyclic) bond motifs is 1. The van der Waals surface area contributed by atoms with Crippen molar-refractivity contribution in [1.82, 2.24) is 14.3 Å². The van der Waals surface area contributed by atoms with E-state index in [0.717, 1.165) is 24.5 Å². The van der Waals surface area contributed by atoms with Gasteiger partial charge in [0.05, 0.1) is 36.8 Å². The number of aromatic nitrogens is 3. The molecule has 1 aliphatic carbocycles. The summed E-state index contributed by atoms with van der Waals surface area (Å²) >= 11 is 0. The van der Waals surface area contributed by atoms with Crippen LogP contribution in [-0.2, 0) is 24.1 Å². The lowest BCUT2D eigenvalue weighted by atomic mass is 9.97. The molecule has 0 radical (unpaired) electrons. The summed E-state index contributed by atoms with van der Waals surface area (Å²) in [6.45, 7) is 3.89. The van der Waals surface area contributed by atoms with Gasteiger partial charge in [-0.2, -0.15) is 18.3 Å². The van der Waals surface area contributed by atoms with Gasteiger partial charge in [0.15, 0.2) is 5.82 Å². The Bertz CT molecular complexity index is 1610. The monoisotopic (exact) mass is 538 g/mol. The number of benzene rings is 2. The van der Waals surface area contributed by atoms with Gasteiger partial charge in [0.2, 0.25) is 0 Å². The van der Waals surface area contributed by atoms with Gasteiger partial charge < -0.3 is 14.6 Å². The highest BCUT2D eigenvalue weighted by Crippen LogP contribution is 2.36. The second-order valence-electron chi connectivity index (χ2n) is 9.88. The molecule has 0 aliphatic heterocycles. The van der Waals surface area contributed by atoms with Crippen molar-refractivity contribution in [3.63, 3.8) is 0 Å². The van der Waals surface area contributed by atoms with Crippen LogP contribution < -0.4 is 16.4 Å². The fraction of sp³-hybridized carbons (Fsp3) is 0.345. The van der Waals surface area contributed by atoms with E-state index < -0.39 is 23.3 Å². The van der Waals surface area contributed by atoms with E-state index in [9.17, 15) is 22.8 Å². The number of nitrogens with one attached hydrogen (secondary N) is 1. The first kappa shape index (κ1) is 26.7. The third kappa shape index (κ3) is 5.75. The topological polar surface area (TPSA) is 78.2 Å². The molecule has 7 nitrogen and oxygen atoms in total. The average Bonchev–Trinajstić information content (AvgIpc) is 3.74. The van der Waals surface area contributed by atoms with Crippen molar-refractivity contribution in [3.8, 4) is 0 Å². The second-order valence-corrected chi connectivity index (χ2v) is 9.88. The molecule has 2 aromatic heterocycles. The molecular weight excluding hydrogens is 509 g/mol. The lowest BCUT2D eigenvalue weighted by Crippen LogP contribution is -2.29. The zero-order valence-corrected chi connectivity index (χ0v) is 21.7. The highest BCUT2D eigenvalue weighted by atomic mass is 19.4. The molecule has 2 heterocycles. The predicted octanol–water partition coefficient (Wildman–Crippen LogP) is 5.61. The van der Waals surface area contributed by atoms with Crippen LogP contribution in [0.25, 0.3) is 10.8 Å². The van der Waals surface area contributed by atoms with Gasteiger partial charge in [-0.05, 0) is 49.4 Å². The van der Waals surface area contributed by atoms with E-state index in [2.05, 4.69) is 10.4 Å². The molecule has 1 aliphatic rings. The van der Waals surface area contributed by atoms with Gasteiger partial charge in [0.25, 0.3) is 11.1 Å². The van der Waals surface area contributed by atoms with E-state index in [0.29, 0.717) is 23.4 Å². The van der Waals surface area contributed by atoms with E-state index in [4.69, 9.17) is 4.74 Å². The number of ether oxygens (including phenoxy) is 1. The fourth-order valence-corrected chi connectivity index (χ4v) is 4.80. The Hall–Kier alpha value is -3.92. The van der Waals surface area contributed by atoms with Crippen molar-refractivity contribution in [3.05, 3.63) is 104 Å². The van der Waals surface area contributed by atoms with E-state index in [1.807, 2.05) is 30.3 Å². The van der Waals surface area contributed by atoms with Crippen LogP contribution in [0.15, 0.2) is 70.4 Å². The summed E-state index contributed by atoms with van der Waals surface area (Å²) in [4.78, 5) is 26.1. The predicted molar refractivity (Wildman–Crippen MR) is 143 cm³/mol. The molecule has 0 saturated heterocycles. The Morgan fingerprint density at radius 2 is 1.82 bits per heavy atom. The number of hydrogen-bond donors (Lipinski definition) is 1. The highest BCUT2D eigenvalue weighted by Gasteiger charge is 2.33. The van der Waals surface area contributed by atoms with Crippen LogP contribution in [0.1, 0.15) is 54.1 Å². The minimum absolute atomic E-state index is 0.0757. The number of hydrogen-bond acceptors (Lipinski definition) is 5. The van der Waals surface area contributed by atoms with Crippen LogP contribution in [0.2, 0.25) is 0 Å². The Balaban J connectivity index is 1.49. The standard InChI is InChI=1S/C29H29F3N4O3/c1-18-22(9-6-10-25(18)29(30,31)32)19(2)33-27-24-16-35(21-11-12-21)26(37)15-23(24)28(38)36(34-27)13-14-39-17-20-7-4-3-5-8-20/h3-10,15-16,19,21H,11-14,17H2,1-2H3,(H,33,34)/t19-/m1/s1. The van der Waals surface area contributed by atoms with Crippen LogP contribution in [0.4, 0.5) is 19.0 Å². The van der Waals surface area contributed by atoms with Crippen LogP contribution in [0.3, 0.4) is 0 Å². The zero-order valence-electron chi connectivity index (χ0n) is 21.7. The molecule has 4 aromatic rings. The highest BCUT2D eigenvalue weighted by molar-refractivity contribution is 5.90. The van der Waals surface area contributed by atoms with Crippen molar-refractivity contribution in [2.45, 2.75) is 58.1 Å². The van der Waals surface area contributed by atoms with Crippen LogP contribution in [0.5, 0.6) is 0 Å². The molecule has 10 heteroatoms. The van der Waals surface area contributed by atoms with Gasteiger partial charge in [0, 0.05) is 23.7 Å². The van der Waals surface area contributed by atoms with E-state index in [-0.39, 0.29) is 35.7 Å². The number of nitrogens with zero attached hydrogens (tertiary/aromatic N) is 3. The first-order valence-corrected chi connectivity index (χ1v) is 12.9. The van der Waals surface area contributed by atoms with Gasteiger partial charge in [-0.15, -0.1) is 0 Å². The minimum atomic E-state index is -4.47. The SMILES string of the molecule is Cc1c([C@@H](C)Nc2nn(CCOCc3ccccc3)c(=O)c3cc(=O)n(C4CC4)cc23)cccc1C(F)(F)F. The third-order valence-electron chi connectivity index (χ3n) is 7.02. The molecule has 1 atom stereocenters. The van der Waals surface area contributed by atoms with Gasteiger partial charge in [-0.3, -0.25) is 9.59 Å². The van der Waals surface area contributed by atoms with Crippen LogP contribution in [0, 0.1) is 6.92 Å². The molecule has 1 saturated carbocycles. The smallest absolute Gasteiger partial charge is 0.375 e. The number of alkyl halides is 3. The molecule has 0 amide bonds. The molecule has 1 fully saturated rings. The Morgan fingerprint density at radius 1 is 1.08 bits per heavy atom. The maximum Gasteiger partial charge on any atom is 0.416 e. The molecule has 0 bridgehead atoms. The van der Waals surface area contributed by atoms with Crippen molar-refractivity contribution in [2.24, 2.45) is 0 Å². The molecule has 0 spiro atoms. The third-order valence-corrected chi connectivity index (χ3v) is 7.02. The molecular formula is C29H29F3N4O3. The van der Waals surface area contributed by atoms with E-state index in [1.54, 1.807) is 23.8 Å². The van der Waals surface area contributed by atoms with Crippen molar-refractivity contribution >= 4 is 16.6 Å². The zero-order chi connectivity index (χ0) is 27.7. The number of anilines is 1. The summed E-state index contributed by atoms with van der Waals surface area (Å²) < 4.78 is 49.2. The maximum atomic E-state index is 13.5. The van der Waals surface area contributed by atoms with Crippen LogP contribution in [-0.4, -0.2) is 21.0 Å². The molecule has 0 unspecified atom stereocenters. The fourth-order valence-electron chi connectivity index (χ4n) is 4.80. The Morgan fingerprint density at radius 3 is 2.51 bits per heavy atom. The van der Waals surface area contributed by atoms with E-state index >= 15 is 0 Å². The van der Waals surface area contributed by atoms with Crippen molar-refractivity contribution in [2.75, 3.05) is 11.9 Å². The van der Waals surface area contributed by atoms with Crippen molar-refractivity contribution in [1.29, 1.82) is 0 Å². The van der Waals surface area contributed by atoms with Gasteiger partial charge in [0.1, 0.15) is 0 Å². The van der Waals surface area contributed by atoms with Gasteiger partial charge in [-0.25, -0.2) is 4.68 Å². The molecule has 39 heavy (non-hydrogen) atoms. The summed E-state index contributed by atoms with van der Waals surface area (Å²) in [5, 5.41) is 8.40. The molecule has 2 aromatic carbocycles. The lowest BCUT2D eigenvalue weighted by molar-refractivity contribution is -0.138.